The Bertz CT molecular complexity index is 761. The SMILES string of the molecule is CC1CCC(NC(=O)CCc2ncc(-c3ccccc3)o2)(C(=O)O)CC1. The van der Waals surface area contributed by atoms with E-state index in [0.29, 0.717) is 36.8 Å². The first-order chi connectivity index (χ1) is 12.5. The number of benzene rings is 1. The van der Waals surface area contributed by atoms with Crippen molar-refractivity contribution < 1.29 is 19.1 Å². The second-order valence-corrected chi connectivity index (χ2v) is 7.10. The molecular weight excluding hydrogens is 332 g/mol. The van der Waals surface area contributed by atoms with Crippen LogP contribution < -0.4 is 5.32 Å². The van der Waals surface area contributed by atoms with Gasteiger partial charge in [-0.25, -0.2) is 9.78 Å². The smallest absolute Gasteiger partial charge is 0.329 e. The number of nitrogens with zero attached hydrogens (tertiary/aromatic N) is 1. The molecule has 0 radical (unpaired) electrons. The second kappa shape index (κ2) is 7.72. The highest BCUT2D eigenvalue weighted by Crippen LogP contribution is 2.32. The molecule has 2 N–H and O–H groups in total. The van der Waals surface area contributed by atoms with Crippen molar-refractivity contribution in [3.63, 3.8) is 0 Å². The van der Waals surface area contributed by atoms with Crippen LogP contribution in [0.5, 0.6) is 0 Å². The Morgan fingerprint density at radius 1 is 1.27 bits per heavy atom. The number of hydrogen-bond acceptors (Lipinski definition) is 4. The summed E-state index contributed by atoms with van der Waals surface area (Å²) in [5.41, 5.74) is -0.202. The molecule has 1 fully saturated rings. The van der Waals surface area contributed by atoms with Crippen LogP contribution >= 0.6 is 0 Å². The number of oxazole rings is 1. The van der Waals surface area contributed by atoms with Crippen molar-refractivity contribution in [2.45, 2.75) is 51.0 Å². The average Bonchev–Trinajstić information content (AvgIpc) is 3.12. The molecule has 26 heavy (non-hydrogen) atoms. The number of nitrogens with one attached hydrogen (secondary N) is 1. The second-order valence-electron chi connectivity index (χ2n) is 7.10. The summed E-state index contributed by atoms with van der Waals surface area (Å²) in [5, 5.41) is 12.3. The number of carbonyl (C=O) groups is 2. The van der Waals surface area contributed by atoms with Crippen LogP contribution in [0, 0.1) is 5.92 Å². The maximum atomic E-state index is 12.3. The topological polar surface area (TPSA) is 92.4 Å². The minimum absolute atomic E-state index is 0.152. The Kier molecular flexibility index (Phi) is 5.40. The molecule has 1 heterocycles. The van der Waals surface area contributed by atoms with Gasteiger partial charge in [-0.1, -0.05) is 37.3 Å². The summed E-state index contributed by atoms with van der Waals surface area (Å²) in [5.74, 6) is 0.412. The molecule has 6 heteroatoms. The van der Waals surface area contributed by atoms with Crippen molar-refractivity contribution in [2.24, 2.45) is 5.92 Å². The van der Waals surface area contributed by atoms with Crippen LogP contribution in [0.1, 0.15) is 44.9 Å². The van der Waals surface area contributed by atoms with E-state index in [2.05, 4.69) is 17.2 Å². The van der Waals surface area contributed by atoms with Crippen molar-refractivity contribution in [1.82, 2.24) is 10.3 Å². The zero-order chi connectivity index (χ0) is 18.6. The van der Waals surface area contributed by atoms with Crippen molar-refractivity contribution >= 4 is 11.9 Å². The Morgan fingerprint density at radius 3 is 2.62 bits per heavy atom. The highest BCUT2D eigenvalue weighted by atomic mass is 16.4. The molecule has 0 atom stereocenters. The summed E-state index contributed by atoms with van der Waals surface area (Å²) in [6.07, 6.45) is 4.71. The number of aliphatic carboxylic acids is 1. The van der Waals surface area contributed by atoms with Gasteiger partial charge >= 0.3 is 5.97 Å². The number of hydrogen-bond donors (Lipinski definition) is 2. The van der Waals surface area contributed by atoms with E-state index in [9.17, 15) is 14.7 Å². The van der Waals surface area contributed by atoms with Gasteiger partial charge in [-0.3, -0.25) is 4.79 Å². The van der Waals surface area contributed by atoms with Gasteiger partial charge in [0.25, 0.3) is 0 Å². The predicted molar refractivity (Wildman–Crippen MR) is 96.4 cm³/mol. The van der Waals surface area contributed by atoms with Crippen LogP contribution in [0.25, 0.3) is 11.3 Å². The molecule has 1 saturated carbocycles. The van der Waals surface area contributed by atoms with Crippen molar-refractivity contribution in [2.75, 3.05) is 0 Å². The van der Waals surface area contributed by atoms with Crippen LogP contribution in [-0.4, -0.2) is 27.5 Å². The van der Waals surface area contributed by atoms with Gasteiger partial charge in [0.15, 0.2) is 11.7 Å². The summed E-state index contributed by atoms with van der Waals surface area (Å²) < 4.78 is 5.69. The summed E-state index contributed by atoms with van der Waals surface area (Å²) in [6, 6.07) is 9.62. The third kappa shape index (κ3) is 4.12. The van der Waals surface area contributed by atoms with Crippen molar-refractivity contribution in [3.8, 4) is 11.3 Å². The molecule has 0 bridgehead atoms. The summed E-state index contributed by atoms with van der Waals surface area (Å²) in [7, 11) is 0. The van der Waals surface area contributed by atoms with Crippen molar-refractivity contribution in [3.05, 3.63) is 42.4 Å². The number of carbonyl (C=O) groups excluding carboxylic acids is 1. The molecule has 6 nitrogen and oxygen atoms in total. The van der Waals surface area contributed by atoms with E-state index in [4.69, 9.17) is 4.42 Å². The van der Waals surface area contributed by atoms with Gasteiger partial charge < -0.3 is 14.8 Å². The molecule has 0 saturated heterocycles. The quantitative estimate of drug-likeness (QED) is 0.827. The van der Waals surface area contributed by atoms with Gasteiger partial charge in [0.05, 0.1) is 6.20 Å². The Balaban J connectivity index is 1.57. The molecule has 138 valence electrons. The average molecular weight is 356 g/mol. The summed E-state index contributed by atoms with van der Waals surface area (Å²) in [4.78, 5) is 28.2. The van der Waals surface area contributed by atoms with Gasteiger partial charge in [-0.05, 0) is 31.6 Å². The number of carboxylic acids is 1. The lowest BCUT2D eigenvalue weighted by Gasteiger charge is -2.36. The third-order valence-electron chi connectivity index (χ3n) is 5.09. The number of aromatic nitrogens is 1. The number of amides is 1. The monoisotopic (exact) mass is 356 g/mol. The fourth-order valence-corrected chi connectivity index (χ4v) is 3.36. The molecule has 3 rings (SSSR count). The Labute approximate surface area is 152 Å². The van der Waals surface area contributed by atoms with Crippen LogP contribution in [0.2, 0.25) is 0 Å². The third-order valence-corrected chi connectivity index (χ3v) is 5.09. The van der Waals surface area contributed by atoms with E-state index in [0.717, 1.165) is 18.4 Å². The standard InChI is InChI=1S/C20H24N2O4/c1-14-9-11-20(12-10-14,19(24)25)22-17(23)7-8-18-21-13-16(26-18)15-5-3-2-4-6-15/h2-6,13-14H,7-12H2,1H3,(H,22,23)(H,24,25). The molecule has 0 unspecified atom stereocenters. The maximum Gasteiger partial charge on any atom is 0.329 e. The lowest BCUT2D eigenvalue weighted by atomic mass is 9.77. The van der Waals surface area contributed by atoms with E-state index in [1.165, 1.54) is 0 Å². The van der Waals surface area contributed by atoms with E-state index in [-0.39, 0.29) is 12.3 Å². The zero-order valence-electron chi connectivity index (χ0n) is 14.9. The minimum Gasteiger partial charge on any atom is -0.480 e. The minimum atomic E-state index is -1.13. The van der Waals surface area contributed by atoms with Crippen LogP contribution in [0.4, 0.5) is 0 Å². The molecule has 1 aromatic carbocycles. The van der Waals surface area contributed by atoms with Gasteiger partial charge in [0.2, 0.25) is 5.91 Å². The lowest BCUT2D eigenvalue weighted by molar-refractivity contribution is -0.149. The predicted octanol–water partition coefficient (Wildman–Crippen LogP) is 3.42. The van der Waals surface area contributed by atoms with E-state index < -0.39 is 11.5 Å². The maximum absolute atomic E-state index is 12.3. The highest BCUT2D eigenvalue weighted by Gasteiger charge is 2.42. The first-order valence-corrected chi connectivity index (χ1v) is 9.03. The van der Waals surface area contributed by atoms with Crippen LogP contribution in [-0.2, 0) is 16.0 Å². The molecule has 0 aliphatic heterocycles. The zero-order valence-corrected chi connectivity index (χ0v) is 14.9. The molecular formula is C20H24N2O4. The molecule has 1 aromatic heterocycles. The fraction of sp³-hybridized carbons (Fsp3) is 0.450. The fourth-order valence-electron chi connectivity index (χ4n) is 3.36. The van der Waals surface area contributed by atoms with Gasteiger partial charge in [-0.15, -0.1) is 0 Å². The van der Waals surface area contributed by atoms with Crippen LogP contribution in [0.15, 0.2) is 40.9 Å². The van der Waals surface area contributed by atoms with Gasteiger partial charge in [0, 0.05) is 18.4 Å². The summed E-state index contributed by atoms with van der Waals surface area (Å²) >= 11 is 0. The van der Waals surface area contributed by atoms with E-state index in [1.54, 1.807) is 6.20 Å². The molecule has 1 aliphatic rings. The molecule has 1 amide bonds. The molecule has 2 aromatic rings. The largest absolute Gasteiger partial charge is 0.480 e. The van der Waals surface area contributed by atoms with E-state index in [1.807, 2.05) is 30.3 Å². The van der Waals surface area contributed by atoms with Gasteiger partial charge in [0.1, 0.15) is 5.54 Å². The Hall–Kier alpha value is -2.63. The Morgan fingerprint density at radius 2 is 1.96 bits per heavy atom. The first-order valence-electron chi connectivity index (χ1n) is 9.03. The number of carboxylic acid groups (broad SMARTS) is 1. The normalized spacial score (nSPS) is 22.7. The van der Waals surface area contributed by atoms with E-state index >= 15 is 0 Å². The van der Waals surface area contributed by atoms with Crippen LogP contribution in [0.3, 0.4) is 0 Å². The highest BCUT2D eigenvalue weighted by molar-refractivity contribution is 5.87. The summed E-state index contributed by atoms with van der Waals surface area (Å²) in [6.45, 7) is 2.11. The first kappa shape index (κ1) is 18.2. The molecule has 1 aliphatic carbocycles. The number of aryl methyl sites for hydroxylation is 1. The molecule has 0 spiro atoms. The van der Waals surface area contributed by atoms with Gasteiger partial charge in [-0.2, -0.15) is 0 Å². The van der Waals surface area contributed by atoms with Crippen molar-refractivity contribution in [1.29, 1.82) is 0 Å². The number of rotatable bonds is 6. The lowest BCUT2D eigenvalue weighted by Crippen LogP contribution is -2.56.